The van der Waals surface area contributed by atoms with Crippen LogP contribution in [0.1, 0.15) is 121 Å². The zero-order valence-corrected chi connectivity index (χ0v) is 81.0. The van der Waals surface area contributed by atoms with Crippen molar-refractivity contribution in [3.8, 4) is 6.07 Å². The van der Waals surface area contributed by atoms with Gasteiger partial charge in [0.25, 0.3) is 5.91 Å². The number of halogens is 8. The molecule has 10 aromatic heterocycles. The van der Waals surface area contributed by atoms with Gasteiger partial charge in [0.15, 0.2) is 11.4 Å². The Balaban J connectivity index is -0.000000600. The van der Waals surface area contributed by atoms with Crippen LogP contribution in [0.25, 0.3) is 54.5 Å². The number of aromatic nitrogens is 15. The fraction of sp³-hybridized carbons (Fsp3) is 0.383. The molecule has 0 radical (unpaired) electrons. The van der Waals surface area contributed by atoms with E-state index >= 15 is 0 Å². The molecule has 610 valence electrons. The summed E-state index contributed by atoms with van der Waals surface area (Å²) in [7, 11) is 7.21. The molecule has 0 aliphatic carbocycles. The second-order valence-corrected chi connectivity index (χ2v) is 38.5. The maximum atomic E-state index is 11.9. The van der Waals surface area contributed by atoms with E-state index in [-0.39, 0.29) is 92.5 Å². The summed E-state index contributed by atoms with van der Waals surface area (Å²) in [6, 6.07) is 10.3. The fourth-order valence-electron chi connectivity index (χ4n) is 7.27. The number of alkyl halides is 1. The predicted molar refractivity (Wildman–Crippen MR) is 504 cm³/mol. The number of amides is 1. The number of ether oxygens (including phenoxy) is 4. The summed E-state index contributed by atoms with van der Waals surface area (Å²) in [5.74, 6) is -2.16. The van der Waals surface area contributed by atoms with Gasteiger partial charge in [-0.25, -0.2) is 24.9 Å². The number of fused-ring (bicyclic) bond motifs is 5. The SMILES string of the molecule is C.C.C/C=N/O.CC(C)(C)OC(=O)CBr.CC(C)(C)OC(=O)Cn1nc(C#N)c2cc(Cl)ncc21.CC(C)(C)OC(=O)Cn1nc(C(N)=O)c2cc(Cl)ncc21.CC(C)(C)OC(=O)Cn1nc(I)c2cc(Cl)ncc21.Clc1cc2c(I)[nH]nc2cn1.Clc1cc2cn[nH]c2cn1.S.S=S.S=S=S.S=S=S=S.S=S=S=S=S. The minimum absolute atomic E-state index is 0. The fourth-order valence-corrected chi connectivity index (χ4v) is 12.2. The number of hydrogen-bond donors (Lipinski definition) is 4. The van der Waals surface area contributed by atoms with Crippen LogP contribution < -0.4 is 5.73 Å². The predicted octanol–water partition coefficient (Wildman–Crippen LogP) is 14.2. The van der Waals surface area contributed by atoms with Crippen molar-refractivity contribution in [3.05, 3.63) is 112 Å². The Hall–Kier alpha value is -3.77. The maximum Gasteiger partial charge on any atom is 0.328 e. The summed E-state index contributed by atoms with van der Waals surface area (Å²) in [6.45, 7) is 23.1. The molecular weight excluding hydrogens is 2120 g/mol. The molecule has 10 rings (SSSR count). The first kappa shape index (κ1) is 114. The standard InChI is InChI=1S/C13H15ClN4O3.C13H13ClN4O2.C12H13ClIN3O2.C6H11BrO2.C6H3ClIN3.C6H4ClN3.C2H5NO.2CH4.S5.S4.S3.S2.H2S/c1-13(2,3)21-10(19)6-18-8-5-16-9(14)4-7(8)11(17-18)12(15)20;1-13(2,3)20-12(19)7-18-10-6-16-11(14)4-8(10)9(5-15)17-18;1-12(2,3)19-10(18)6-17-8-5-15-9(13)4-7(8)11(14)16-17;1-6(2,3)9-5(8)4-7;7-5-1-3-4(2-9-5)10-11-6(3)8;7-6-1-4-2-9-10-5(4)3-8-6;1-2-3-4;;;1-3-5-4-2;1-3-4-2;1-3-2;1-2;/h4-5H,6H2,1-3H3,(H2,15,20);4,6H,7H2,1-3H3;4-5H,6H2,1-3H3;4H2,1-3H3;1-2H,(H,10,11);1-3H,(H,9,10);2,4H,1H3;2*1H4;;;;;1H2/b;;;;;;3-2+;;;;;;;. The highest BCUT2D eigenvalue weighted by molar-refractivity contribution is 14.1. The number of primary amides is 1. The van der Waals surface area contributed by atoms with Gasteiger partial charge in [-0.15, -0.1) is 5.16 Å². The minimum Gasteiger partial charge on any atom is -0.459 e. The van der Waals surface area contributed by atoms with Gasteiger partial charge in [0.05, 0.1) is 59.2 Å². The van der Waals surface area contributed by atoms with Gasteiger partial charge < -0.3 is 29.9 Å². The van der Waals surface area contributed by atoms with Crippen LogP contribution in [0.3, 0.4) is 0 Å². The number of nitrogens with zero attached hydrogens (tertiary/aromatic N) is 15. The topological polar surface area (TPSA) is 380 Å². The van der Waals surface area contributed by atoms with E-state index in [1.54, 1.807) is 102 Å². The average Bonchev–Trinajstić information content (AvgIpc) is 1.66. The molecule has 28 nitrogen and oxygen atoms in total. The average molecular weight is 2200 g/mol. The van der Waals surface area contributed by atoms with Gasteiger partial charge in [-0.3, -0.25) is 48.2 Å². The highest BCUT2D eigenvalue weighted by atomic mass is 127. The third kappa shape index (κ3) is 47.3. The second-order valence-electron chi connectivity index (χ2n) is 23.3. The molecular formula is C60H74BrCl5I2N18O10S15. The Morgan fingerprint density at radius 3 is 1.32 bits per heavy atom. The van der Waals surface area contributed by atoms with Crippen LogP contribution in [0.5, 0.6) is 0 Å². The number of aromatic amines is 2. The van der Waals surface area contributed by atoms with Gasteiger partial charge in [0.2, 0.25) is 0 Å². The number of rotatable bonds is 8. The van der Waals surface area contributed by atoms with E-state index in [2.05, 4.69) is 216 Å². The van der Waals surface area contributed by atoms with E-state index in [9.17, 15) is 24.0 Å². The van der Waals surface area contributed by atoms with Crippen molar-refractivity contribution in [2.24, 2.45) is 10.9 Å². The summed E-state index contributed by atoms with van der Waals surface area (Å²) in [6.07, 6.45) is 10.8. The van der Waals surface area contributed by atoms with Crippen molar-refractivity contribution in [3.63, 3.8) is 0 Å². The van der Waals surface area contributed by atoms with Crippen molar-refractivity contribution in [1.82, 2.24) is 74.7 Å². The molecule has 0 saturated heterocycles. The Morgan fingerprint density at radius 2 is 0.946 bits per heavy atom. The lowest BCUT2D eigenvalue weighted by Crippen LogP contribution is -2.27. The van der Waals surface area contributed by atoms with Gasteiger partial charge >= 0.3 is 23.9 Å². The molecule has 0 aromatic carbocycles. The smallest absolute Gasteiger partial charge is 0.328 e. The van der Waals surface area contributed by atoms with Crippen LogP contribution in [0.4, 0.5) is 0 Å². The molecule has 51 heteroatoms. The number of esters is 4. The van der Waals surface area contributed by atoms with Crippen LogP contribution >= 0.6 is 133 Å². The Bertz CT molecular complexity index is 5000. The lowest BCUT2D eigenvalue weighted by atomic mass is 10.2. The number of pyridine rings is 5. The van der Waals surface area contributed by atoms with Crippen molar-refractivity contribution in [1.29, 1.82) is 5.26 Å². The number of carbonyl (C=O) groups is 5. The summed E-state index contributed by atoms with van der Waals surface area (Å²) in [5, 5.41) is 51.0. The van der Waals surface area contributed by atoms with Crippen LogP contribution in [0.15, 0.2) is 72.7 Å². The third-order valence-electron chi connectivity index (χ3n) is 10.6. The first-order valence-corrected chi connectivity index (χ1v) is 47.5. The van der Waals surface area contributed by atoms with Crippen LogP contribution in [-0.4, -0.2) is 144 Å². The molecule has 5 N–H and O–H groups in total. The summed E-state index contributed by atoms with van der Waals surface area (Å²) >= 11 is 69.2. The molecule has 1 amide bonds. The molecule has 0 fully saturated rings. The first-order chi connectivity index (χ1) is 50.5. The minimum atomic E-state index is -0.704. The number of nitriles is 1. The Labute approximate surface area is 765 Å². The molecule has 0 aliphatic rings. The second kappa shape index (κ2) is 59.0. The van der Waals surface area contributed by atoms with E-state index in [0.717, 1.165) is 49.0 Å². The Kier molecular flexibility index (Phi) is 60.3. The number of hydrogen-bond acceptors (Lipinski definition) is 30. The van der Waals surface area contributed by atoms with E-state index in [1.165, 1.54) is 78.4 Å². The maximum absolute atomic E-state index is 11.9. The normalized spacial score (nSPS) is 10.1. The van der Waals surface area contributed by atoms with Crippen molar-refractivity contribution in [2.75, 3.05) is 5.33 Å². The number of nitrogens with one attached hydrogen (secondary N) is 2. The quantitative estimate of drug-likeness (QED) is 0.0160. The number of oxime groups is 1. The highest BCUT2D eigenvalue weighted by Gasteiger charge is 2.24. The molecule has 10 aromatic rings. The zero-order chi connectivity index (χ0) is 82.9. The van der Waals surface area contributed by atoms with Gasteiger partial charge in [0.1, 0.15) is 92.1 Å². The molecule has 0 atom stereocenters. The molecule has 0 unspecified atom stereocenters. The lowest BCUT2D eigenvalue weighted by Gasteiger charge is -2.19. The molecule has 0 aliphatic heterocycles. The molecule has 111 heavy (non-hydrogen) atoms. The highest BCUT2D eigenvalue weighted by Crippen LogP contribution is 2.26. The molecule has 0 bridgehead atoms. The van der Waals surface area contributed by atoms with Gasteiger partial charge in [-0.2, -0.15) is 44.3 Å². The van der Waals surface area contributed by atoms with E-state index in [4.69, 9.17) is 93.2 Å². The van der Waals surface area contributed by atoms with Crippen LogP contribution in [0, 0.1) is 18.7 Å². The molecule has 10 heterocycles. The van der Waals surface area contributed by atoms with Crippen molar-refractivity contribution < 1.29 is 48.1 Å². The van der Waals surface area contributed by atoms with Crippen LogP contribution in [0.2, 0.25) is 25.8 Å². The van der Waals surface area contributed by atoms with E-state index in [1.807, 2.05) is 47.6 Å². The lowest BCUT2D eigenvalue weighted by molar-refractivity contribution is -0.156. The van der Waals surface area contributed by atoms with Crippen LogP contribution in [-0.2, 0) is 201 Å². The number of nitrogens with two attached hydrogens (primary N) is 1. The molecule has 0 spiro atoms. The third-order valence-corrected chi connectivity index (χ3v) is 20.4. The van der Waals surface area contributed by atoms with E-state index in [0.29, 0.717) is 37.3 Å². The van der Waals surface area contributed by atoms with Gasteiger partial charge in [0, 0.05) is 176 Å². The van der Waals surface area contributed by atoms with Gasteiger partial charge in [-0.1, -0.05) is 88.8 Å². The first-order valence-electron chi connectivity index (χ1n) is 29.0. The molecule has 0 saturated carbocycles. The zero-order valence-electron chi connectivity index (χ0n) is 58.9. The monoisotopic (exact) mass is 2190 g/mol. The van der Waals surface area contributed by atoms with Crippen molar-refractivity contribution >= 4 is 366 Å². The summed E-state index contributed by atoms with van der Waals surface area (Å²) in [4.78, 5) is 77.1. The number of H-pyrrole nitrogens is 2. The largest absolute Gasteiger partial charge is 0.459 e. The van der Waals surface area contributed by atoms with E-state index < -0.39 is 34.6 Å². The summed E-state index contributed by atoms with van der Waals surface area (Å²) in [5.41, 5.74) is 7.06. The van der Waals surface area contributed by atoms with Gasteiger partial charge in [-0.05, 0) is 166 Å². The number of carbonyl (C=O) groups excluding carboxylic acids is 5. The van der Waals surface area contributed by atoms with Crippen molar-refractivity contribution in [2.45, 2.75) is 147 Å². The summed E-state index contributed by atoms with van der Waals surface area (Å²) < 4.78 is 26.7. The Morgan fingerprint density at radius 1 is 0.586 bits per heavy atom.